The second-order valence-corrected chi connectivity index (χ2v) is 5.42. The number of hydrogen-bond donors (Lipinski definition) is 2. The van der Waals surface area contributed by atoms with Gasteiger partial charge in [0.05, 0.1) is 12.5 Å². The van der Waals surface area contributed by atoms with Crippen LogP contribution < -0.4 is 5.32 Å². The SMILES string of the molecule is Cc1ccc(NC(=O)CN2CCCC(C(=O)O)C2)cc1F.Cl. The highest BCUT2D eigenvalue weighted by molar-refractivity contribution is 5.92. The lowest BCUT2D eigenvalue weighted by molar-refractivity contribution is -0.144. The normalized spacial score (nSPS) is 18.4. The van der Waals surface area contributed by atoms with Gasteiger partial charge in [-0.05, 0) is 44.0 Å². The summed E-state index contributed by atoms with van der Waals surface area (Å²) in [5.74, 6) is -1.86. The molecule has 1 heterocycles. The van der Waals surface area contributed by atoms with Gasteiger partial charge in [0.2, 0.25) is 5.91 Å². The summed E-state index contributed by atoms with van der Waals surface area (Å²) in [6.45, 7) is 2.87. The van der Waals surface area contributed by atoms with Crippen molar-refractivity contribution in [3.8, 4) is 0 Å². The number of nitrogens with zero attached hydrogens (tertiary/aromatic N) is 1. The van der Waals surface area contributed by atoms with E-state index in [0.717, 1.165) is 6.42 Å². The predicted molar refractivity (Wildman–Crippen MR) is 83.8 cm³/mol. The zero-order chi connectivity index (χ0) is 15.4. The van der Waals surface area contributed by atoms with Crippen LogP contribution in [-0.2, 0) is 9.59 Å². The highest BCUT2D eigenvalue weighted by Crippen LogP contribution is 2.17. The molecule has 0 bridgehead atoms. The number of carbonyl (C=O) groups is 2. The molecule has 1 atom stereocenters. The van der Waals surface area contributed by atoms with Crippen LogP contribution in [0.3, 0.4) is 0 Å². The van der Waals surface area contributed by atoms with Crippen LogP contribution in [0.1, 0.15) is 18.4 Å². The molecule has 0 spiro atoms. The van der Waals surface area contributed by atoms with E-state index < -0.39 is 11.9 Å². The van der Waals surface area contributed by atoms with Crippen molar-refractivity contribution in [2.24, 2.45) is 5.92 Å². The minimum absolute atomic E-state index is 0. The lowest BCUT2D eigenvalue weighted by atomic mass is 9.98. The van der Waals surface area contributed by atoms with Crippen molar-refractivity contribution >= 4 is 30.0 Å². The van der Waals surface area contributed by atoms with Crippen molar-refractivity contribution < 1.29 is 19.1 Å². The lowest BCUT2D eigenvalue weighted by Crippen LogP contribution is -2.42. The second kappa shape index (κ2) is 8.10. The zero-order valence-corrected chi connectivity index (χ0v) is 13.2. The number of likely N-dealkylation sites (tertiary alicyclic amines) is 1. The maximum Gasteiger partial charge on any atom is 0.307 e. The molecule has 1 aliphatic heterocycles. The molecule has 0 aliphatic carbocycles. The van der Waals surface area contributed by atoms with Crippen LogP contribution in [0.2, 0.25) is 0 Å². The topological polar surface area (TPSA) is 69.6 Å². The van der Waals surface area contributed by atoms with Gasteiger partial charge in [-0.25, -0.2) is 4.39 Å². The fourth-order valence-electron chi connectivity index (χ4n) is 2.47. The summed E-state index contributed by atoms with van der Waals surface area (Å²) >= 11 is 0. The molecule has 1 unspecified atom stereocenters. The Morgan fingerprint density at radius 3 is 2.82 bits per heavy atom. The number of halogens is 2. The van der Waals surface area contributed by atoms with Gasteiger partial charge in [0.25, 0.3) is 0 Å². The van der Waals surface area contributed by atoms with Crippen molar-refractivity contribution in [3.05, 3.63) is 29.6 Å². The largest absolute Gasteiger partial charge is 0.481 e. The molecule has 1 amide bonds. The molecule has 1 aliphatic rings. The van der Waals surface area contributed by atoms with Gasteiger partial charge in [-0.15, -0.1) is 12.4 Å². The molecule has 0 saturated carbocycles. The number of rotatable bonds is 4. The first-order valence-corrected chi connectivity index (χ1v) is 6.97. The molecule has 122 valence electrons. The third-order valence-electron chi connectivity index (χ3n) is 3.68. The molecule has 1 fully saturated rings. The highest BCUT2D eigenvalue weighted by Gasteiger charge is 2.26. The van der Waals surface area contributed by atoms with E-state index in [1.807, 2.05) is 4.90 Å². The summed E-state index contributed by atoms with van der Waals surface area (Å²) in [6, 6.07) is 4.53. The number of anilines is 1. The Kier molecular flexibility index (Phi) is 6.77. The number of carboxylic acid groups (broad SMARTS) is 1. The molecular formula is C15H20ClFN2O3. The summed E-state index contributed by atoms with van der Waals surface area (Å²) < 4.78 is 13.4. The van der Waals surface area contributed by atoms with Crippen molar-refractivity contribution in [1.29, 1.82) is 0 Å². The number of hydrogen-bond acceptors (Lipinski definition) is 3. The molecule has 0 radical (unpaired) electrons. The van der Waals surface area contributed by atoms with Crippen LogP contribution in [0.5, 0.6) is 0 Å². The van der Waals surface area contributed by atoms with Crippen molar-refractivity contribution in [3.63, 3.8) is 0 Å². The number of aliphatic carboxylic acids is 1. The number of aryl methyl sites for hydroxylation is 1. The second-order valence-electron chi connectivity index (χ2n) is 5.42. The Bertz CT molecular complexity index is 554. The van der Waals surface area contributed by atoms with Crippen LogP contribution in [0.25, 0.3) is 0 Å². The number of nitrogens with one attached hydrogen (secondary N) is 1. The predicted octanol–water partition coefficient (Wildman–Crippen LogP) is 2.29. The summed E-state index contributed by atoms with van der Waals surface area (Å²) in [5.41, 5.74) is 0.934. The van der Waals surface area contributed by atoms with Gasteiger partial charge in [0.1, 0.15) is 5.82 Å². The van der Waals surface area contributed by atoms with E-state index in [1.165, 1.54) is 6.07 Å². The first-order valence-electron chi connectivity index (χ1n) is 6.97. The summed E-state index contributed by atoms with van der Waals surface area (Å²) in [6.07, 6.45) is 1.42. The number of carboxylic acids is 1. The maximum absolute atomic E-state index is 13.4. The van der Waals surface area contributed by atoms with Crippen LogP contribution in [0.4, 0.5) is 10.1 Å². The smallest absolute Gasteiger partial charge is 0.307 e. The Morgan fingerprint density at radius 1 is 1.45 bits per heavy atom. The first-order chi connectivity index (χ1) is 9.95. The maximum atomic E-state index is 13.4. The minimum Gasteiger partial charge on any atom is -0.481 e. The third kappa shape index (κ3) is 4.96. The van der Waals surface area contributed by atoms with Crippen molar-refractivity contribution in [2.75, 3.05) is 25.0 Å². The van der Waals surface area contributed by atoms with E-state index in [2.05, 4.69) is 5.32 Å². The van der Waals surface area contributed by atoms with Gasteiger partial charge < -0.3 is 10.4 Å². The van der Waals surface area contributed by atoms with Crippen LogP contribution >= 0.6 is 12.4 Å². The van der Waals surface area contributed by atoms with Gasteiger partial charge in [-0.3, -0.25) is 14.5 Å². The van der Waals surface area contributed by atoms with Crippen LogP contribution in [0, 0.1) is 18.7 Å². The Balaban J connectivity index is 0.00000242. The zero-order valence-electron chi connectivity index (χ0n) is 12.3. The van der Waals surface area contributed by atoms with E-state index in [-0.39, 0.29) is 30.7 Å². The number of amides is 1. The Labute approximate surface area is 134 Å². The van der Waals surface area contributed by atoms with Gasteiger partial charge in [0.15, 0.2) is 0 Å². The third-order valence-corrected chi connectivity index (χ3v) is 3.68. The molecule has 0 aromatic heterocycles. The molecule has 7 heteroatoms. The fraction of sp³-hybridized carbons (Fsp3) is 0.467. The van der Waals surface area contributed by atoms with E-state index in [0.29, 0.717) is 30.8 Å². The summed E-state index contributed by atoms with van der Waals surface area (Å²) in [7, 11) is 0. The Morgan fingerprint density at radius 2 is 2.18 bits per heavy atom. The molecule has 22 heavy (non-hydrogen) atoms. The summed E-state index contributed by atoms with van der Waals surface area (Å²) in [4.78, 5) is 24.7. The van der Waals surface area contributed by atoms with E-state index >= 15 is 0 Å². The van der Waals surface area contributed by atoms with Crippen LogP contribution in [0.15, 0.2) is 18.2 Å². The number of carbonyl (C=O) groups excluding carboxylic acids is 1. The van der Waals surface area contributed by atoms with Gasteiger partial charge >= 0.3 is 5.97 Å². The van der Waals surface area contributed by atoms with Gasteiger partial charge in [-0.2, -0.15) is 0 Å². The van der Waals surface area contributed by atoms with Gasteiger partial charge in [-0.1, -0.05) is 6.07 Å². The fourth-order valence-corrected chi connectivity index (χ4v) is 2.47. The molecule has 1 aromatic carbocycles. The molecule has 1 aromatic rings. The Hall–Kier alpha value is -1.66. The summed E-state index contributed by atoms with van der Waals surface area (Å²) in [5, 5.41) is 11.6. The average molecular weight is 331 g/mol. The standard InChI is InChI=1S/C15H19FN2O3.ClH/c1-10-4-5-12(7-13(10)16)17-14(19)9-18-6-2-3-11(8-18)15(20)21;/h4-5,7,11H,2-3,6,8-9H2,1H3,(H,17,19)(H,20,21);1H. The van der Waals surface area contributed by atoms with Gasteiger partial charge in [0, 0.05) is 12.2 Å². The highest BCUT2D eigenvalue weighted by atomic mass is 35.5. The number of piperidine rings is 1. The molecule has 2 rings (SSSR count). The van der Waals surface area contributed by atoms with E-state index in [4.69, 9.17) is 5.11 Å². The van der Waals surface area contributed by atoms with E-state index in [9.17, 15) is 14.0 Å². The number of benzene rings is 1. The quantitative estimate of drug-likeness (QED) is 0.888. The van der Waals surface area contributed by atoms with Crippen LogP contribution in [-0.4, -0.2) is 41.5 Å². The van der Waals surface area contributed by atoms with Crippen molar-refractivity contribution in [1.82, 2.24) is 4.90 Å². The first kappa shape index (κ1) is 18.4. The molecular weight excluding hydrogens is 311 g/mol. The molecule has 1 saturated heterocycles. The minimum atomic E-state index is -0.819. The average Bonchev–Trinajstić information content (AvgIpc) is 2.43. The monoisotopic (exact) mass is 330 g/mol. The van der Waals surface area contributed by atoms with Crippen molar-refractivity contribution in [2.45, 2.75) is 19.8 Å². The molecule has 5 nitrogen and oxygen atoms in total. The lowest BCUT2D eigenvalue weighted by Gasteiger charge is -2.29. The van der Waals surface area contributed by atoms with E-state index in [1.54, 1.807) is 19.1 Å². The molecule has 2 N–H and O–H groups in total.